The summed E-state index contributed by atoms with van der Waals surface area (Å²) in [6.07, 6.45) is 0.157. The molecule has 0 atom stereocenters. The van der Waals surface area contributed by atoms with Crippen LogP contribution in [0.3, 0.4) is 0 Å². The van der Waals surface area contributed by atoms with Gasteiger partial charge in [-0.1, -0.05) is 12.1 Å². The Balaban J connectivity index is 2.51. The molecule has 0 bridgehead atoms. The fourth-order valence-corrected chi connectivity index (χ4v) is 2.27. The minimum atomic E-state index is -0.910. The summed E-state index contributed by atoms with van der Waals surface area (Å²) in [5.74, 6) is -0.910. The van der Waals surface area contributed by atoms with Crippen molar-refractivity contribution in [1.29, 1.82) is 0 Å². The zero-order valence-electron chi connectivity index (χ0n) is 13.1. The Kier molecular flexibility index (Phi) is 4.75. The van der Waals surface area contributed by atoms with Gasteiger partial charge in [0.25, 0.3) is 5.56 Å². The lowest BCUT2D eigenvalue weighted by Crippen LogP contribution is -2.26. The van der Waals surface area contributed by atoms with Gasteiger partial charge < -0.3 is 5.11 Å². The Morgan fingerprint density at radius 1 is 1.23 bits per heavy atom. The molecule has 0 fully saturated rings. The number of carboxylic acids is 1. The first-order valence-electron chi connectivity index (χ1n) is 7.32. The van der Waals surface area contributed by atoms with Gasteiger partial charge in [-0.25, -0.2) is 4.68 Å². The van der Waals surface area contributed by atoms with Gasteiger partial charge >= 0.3 is 5.97 Å². The van der Waals surface area contributed by atoms with E-state index in [0.29, 0.717) is 17.8 Å². The quantitative estimate of drug-likeness (QED) is 0.921. The molecule has 1 aromatic carbocycles. The van der Waals surface area contributed by atoms with Crippen molar-refractivity contribution in [2.45, 2.75) is 40.2 Å². The van der Waals surface area contributed by atoms with E-state index in [1.165, 1.54) is 10.2 Å². The van der Waals surface area contributed by atoms with Gasteiger partial charge in [-0.15, -0.1) is 0 Å². The maximum absolute atomic E-state index is 12.2. The van der Waals surface area contributed by atoms with E-state index in [4.69, 9.17) is 5.11 Å². The van der Waals surface area contributed by atoms with E-state index in [-0.39, 0.29) is 18.4 Å². The average molecular weight is 300 g/mol. The lowest BCUT2D eigenvalue weighted by molar-refractivity contribution is -0.136. The topological polar surface area (TPSA) is 72.2 Å². The van der Waals surface area contributed by atoms with E-state index >= 15 is 0 Å². The first kappa shape index (κ1) is 15.9. The zero-order valence-corrected chi connectivity index (χ0v) is 13.1. The molecule has 0 amide bonds. The minimum absolute atomic E-state index is 0.0602. The molecule has 116 valence electrons. The summed E-state index contributed by atoms with van der Waals surface area (Å²) in [6, 6.07) is 7.73. The third kappa shape index (κ3) is 3.42. The second kappa shape index (κ2) is 6.56. The Hall–Kier alpha value is -2.43. The van der Waals surface area contributed by atoms with Gasteiger partial charge in [0.15, 0.2) is 0 Å². The van der Waals surface area contributed by atoms with Gasteiger partial charge in [0, 0.05) is 24.1 Å². The molecule has 0 aliphatic rings. The van der Waals surface area contributed by atoms with Crippen molar-refractivity contribution in [2.75, 3.05) is 0 Å². The fourth-order valence-electron chi connectivity index (χ4n) is 2.27. The number of carboxylic acid groups (broad SMARTS) is 1. The van der Waals surface area contributed by atoms with Crippen molar-refractivity contribution >= 4 is 5.97 Å². The number of hydrogen-bond donors (Lipinski definition) is 1. The van der Waals surface area contributed by atoms with Crippen molar-refractivity contribution in [3.8, 4) is 11.3 Å². The van der Waals surface area contributed by atoms with E-state index in [0.717, 1.165) is 11.1 Å². The molecule has 0 spiro atoms. The molecule has 0 aliphatic heterocycles. The Morgan fingerprint density at radius 2 is 1.95 bits per heavy atom. The SMILES string of the molecule is CCn1nc(-c2ccc(C)c(C)c2)cc(CCC(=O)O)c1=O. The van der Waals surface area contributed by atoms with Gasteiger partial charge in [-0.2, -0.15) is 5.10 Å². The van der Waals surface area contributed by atoms with Crippen LogP contribution in [0.15, 0.2) is 29.1 Å². The molecule has 5 heteroatoms. The maximum Gasteiger partial charge on any atom is 0.303 e. The van der Waals surface area contributed by atoms with Crippen LogP contribution in [0.5, 0.6) is 0 Å². The maximum atomic E-state index is 12.2. The number of rotatable bonds is 5. The highest BCUT2D eigenvalue weighted by atomic mass is 16.4. The molecule has 1 aromatic heterocycles. The van der Waals surface area contributed by atoms with E-state index in [1.54, 1.807) is 6.07 Å². The third-order valence-electron chi connectivity index (χ3n) is 3.76. The highest BCUT2D eigenvalue weighted by Gasteiger charge is 2.11. The molecule has 0 saturated carbocycles. The van der Waals surface area contributed by atoms with Crippen molar-refractivity contribution in [2.24, 2.45) is 0 Å². The largest absolute Gasteiger partial charge is 0.481 e. The highest BCUT2D eigenvalue weighted by molar-refractivity contribution is 5.67. The molecule has 0 radical (unpaired) electrons. The first-order chi connectivity index (χ1) is 10.4. The van der Waals surface area contributed by atoms with Crippen LogP contribution in [0.1, 0.15) is 30.0 Å². The smallest absolute Gasteiger partial charge is 0.303 e. The molecular weight excluding hydrogens is 280 g/mol. The van der Waals surface area contributed by atoms with Crippen LogP contribution in [-0.2, 0) is 17.8 Å². The van der Waals surface area contributed by atoms with Crippen molar-refractivity contribution in [3.63, 3.8) is 0 Å². The van der Waals surface area contributed by atoms with Crippen LogP contribution in [0.2, 0.25) is 0 Å². The summed E-state index contributed by atoms with van der Waals surface area (Å²) in [5.41, 5.74) is 4.26. The zero-order chi connectivity index (χ0) is 16.3. The Morgan fingerprint density at radius 3 is 2.55 bits per heavy atom. The molecule has 2 aromatic rings. The van der Waals surface area contributed by atoms with Crippen molar-refractivity contribution in [3.05, 3.63) is 51.3 Å². The molecule has 1 heterocycles. The molecule has 0 saturated heterocycles. The van der Waals surface area contributed by atoms with Gasteiger partial charge in [0.1, 0.15) is 0 Å². The molecule has 5 nitrogen and oxygen atoms in total. The molecule has 0 aliphatic carbocycles. The molecule has 22 heavy (non-hydrogen) atoms. The number of aliphatic carboxylic acids is 1. The first-order valence-corrected chi connectivity index (χ1v) is 7.32. The number of hydrogen-bond acceptors (Lipinski definition) is 3. The number of aryl methyl sites for hydroxylation is 4. The predicted molar refractivity (Wildman–Crippen MR) is 85.0 cm³/mol. The molecule has 0 unspecified atom stereocenters. The summed E-state index contributed by atoms with van der Waals surface area (Å²) < 4.78 is 1.39. The van der Waals surface area contributed by atoms with E-state index in [2.05, 4.69) is 5.10 Å². The average Bonchev–Trinajstić information content (AvgIpc) is 2.49. The standard InChI is InChI=1S/C17H20N2O3/c1-4-19-17(22)14(7-8-16(20)21)10-15(18-19)13-6-5-11(2)12(3)9-13/h5-6,9-10H,4,7-8H2,1-3H3,(H,20,21). The Labute approximate surface area is 129 Å². The third-order valence-corrected chi connectivity index (χ3v) is 3.76. The van der Waals surface area contributed by atoms with Gasteiger partial charge in [0.05, 0.1) is 5.69 Å². The summed E-state index contributed by atoms with van der Waals surface area (Å²) in [4.78, 5) is 23.0. The van der Waals surface area contributed by atoms with Crippen LogP contribution in [0.25, 0.3) is 11.3 Å². The van der Waals surface area contributed by atoms with Gasteiger partial charge in [-0.05, 0) is 50.5 Å². The Bertz CT molecular complexity index is 763. The number of nitrogens with zero attached hydrogens (tertiary/aromatic N) is 2. The van der Waals surface area contributed by atoms with Crippen LogP contribution < -0.4 is 5.56 Å². The fraction of sp³-hybridized carbons (Fsp3) is 0.353. The molecular formula is C17H20N2O3. The molecule has 1 N–H and O–H groups in total. The monoisotopic (exact) mass is 300 g/mol. The number of aromatic nitrogens is 2. The number of carbonyl (C=O) groups is 1. The van der Waals surface area contributed by atoms with Gasteiger partial charge in [-0.3, -0.25) is 9.59 Å². The highest BCUT2D eigenvalue weighted by Crippen LogP contribution is 2.20. The van der Waals surface area contributed by atoms with Gasteiger partial charge in [0.2, 0.25) is 0 Å². The van der Waals surface area contributed by atoms with E-state index in [1.807, 2.05) is 39.0 Å². The molecule has 2 rings (SSSR count). The predicted octanol–water partition coefficient (Wildman–Crippen LogP) is 2.56. The second-order valence-electron chi connectivity index (χ2n) is 5.37. The lowest BCUT2D eigenvalue weighted by atomic mass is 10.0. The normalized spacial score (nSPS) is 10.7. The van der Waals surface area contributed by atoms with Crippen LogP contribution in [0, 0.1) is 13.8 Å². The van der Waals surface area contributed by atoms with Crippen molar-refractivity contribution in [1.82, 2.24) is 9.78 Å². The minimum Gasteiger partial charge on any atom is -0.481 e. The van der Waals surface area contributed by atoms with Crippen LogP contribution in [0.4, 0.5) is 0 Å². The van der Waals surface area contributed by atoms with E-state index in [9.17, 15) is 9.59 Å². The summed E-state index contributed by atoms with van der Waals surface area (Å²) in [5, 5.41) is 13.2. The lowest BCUT2D eigenvalue weighted by Gasteiger charge is -2.10. The summed E-state index contributed by atoms with van der Waals surface area (Å²) in [6.45, 7) is 6.37. The van der Waals surface area contributed by atoms with Crippen molar-refractivity contribution < 1.29 is 9.90 Å². The van der Waals surface area contributed by atoms with Crippen LogP contribution >= 0.6 is 0 Å². The second-order valence-corrected chi connectivity index (χ2v) is 5.37. The van der Waals surface area contributed by atoms with E-state index < -0.39 is 5.97 Å². The number of benzene rings is 1. The van der Waals surface area contributed by atoms with Crippen LogP contribution in [-0.4, -0.2) is 20.9 Å². The summed E-state index contributed by atoms with van der Waals surface area (Å²) in [7, 11) is 0. The summed E-state index contributed by atoms with van der Waals surface area (Å²) >= 11 is 0.